The van der Waals surface area contributed by atoms with Crippen LogP contribution in [0.5, 0.6) is 0 Å². The number of aromatic nitrogens is 3. The molecule has 0 radical (unpaired) electrons. The van der Waals surface area contributed by atoms with Gasteiger partial charge in [-0.15, -0.1) is 0 Å². The molecule has 0 bridgehead atoms. The number of carboxylic acid groups (broad SMARTS) is 1. The van der Waals surface area contributed by atoms with Gasteiger partial charge in [0.2, 0.25) is 0 Å². The van der Waals surface area contributed by atoms with E-state index in [0.717, 1.165) is 0 Å². The number of hydrogen-bond donors (Lipinski definition) is 2. The van der Waals surface area contributed by atoms with Gasteiger partial charge in [0.05, 0.1) is 6.42 Å². The Morgan fingerprint density at radius 3 is 3.07 bits per heavy atom. The highest BCUT2D eigenvalue weighted by atomic mass is 16.4. The van der Waals surface area contributed by atoms with Crippen LogP contribution in [0, 0.1) is 0 Å². The van der Waals surface area contributed by atoms with Gasteiger partial charge >= 0.3 is 5.97 Å². The molecule has 0 spiro atoms. The molecule has 6 nitrogen and oxygen atoms in total. The Bertz CT molecular complexity index is 555. The van der Waals surface area contributed by atoms with Crippen LogP contribution in [-0.2, 0) is 11.2 Å². The van der Waals surface area contributed by atoms with Crippen LogP contribution >= 0.6 is 0 Å². The first-order valence-electron chi connectivity index (χ1n) is 4.45. The number of nitrogens with one attached hydrogen (secondary N) is 1. The summed E-state index contributed by atoms with van der Waals surface area (Å²) >= 11 is 0. The standard InChI is InChI=1S/C9H9N3O3/c13-8-3-1-2-6-10-11-7(12(6)8)4-5-9(14)15/h1-3,10H,4-5H2,(H,14,15). The number of H-pyrrole nitrogens is 1. The van der Waals surface area contributed by atoms with Gasteiger partial charge in [-0.3, -0.25) is 14.7 Å². The zero-order valence-corrected chi connectivity index (χ0v) is 7.80. The molecule has 0 fully saturated rings. The largest absolute Gasteiger partial charge is 0.481 e. The maximum atomic E-state index is 11.5. The Morgan fingerprint density at radius 1 is 1.53 bits per heavy atom. The maximum Gasteiger partial charge on any atom is 0.303 e. The SMILES string of the molecule is O=C(O)CCc1n[nH]c2cccc(=O)n12. The highest BCUT2D eigenvalue weighted by Gasteiger charge is 2.07. The van der Waals surface area contributed by atoms with Crippen molar-refractivity contribution in [1.29, 1.82) is 0 Å². The van der Waals surface area contributed by atoms with E-state index in [0.29, 0.717) is 11.5 Å². The Hall–Kier alpha value is -2.11. The summed E-state index contributed by atoms with van der Waals surface area (Å²) in [4.78, 5) is 21.9. The normalized spacial score (nSPS) is 10.7. The summed E-state index contributed by atoms with van der Waals surface area (Å²) in [5, 5.41) is 15.1. The summed E-state index contributed by atoms with van der Waals surface area (Å²) in [5.41, 5.74) is 0.365. The number of aliphatic carboxylic acids is 1. The van der Waals surface area contributed by atoms with E-state index in [1.165, 1.54) is 10.5 Å². The van der Waals surface area contributed by atoms with Crippen molar-refractivity contribution in [3.63, 3.8) is 0 Å². The average molecular weight is 207 g/mol. The summed E-state index contributed by atoms with van der Waals surface area (Å²) in [6.45, 7) is 0. The smallest absolute Gasteiger partial charge is 0.303 e. The van der Waals surface area contributed by atoms with Gasteiger partial charge in [0, 0.05) is 12.5 Å². The molecule has 0 aliphatic rings. The Labute approximate surface area is 84.2 Å². The quantitative estimate of drug-likeness (QED) is 0.743. The molecule has 0 aromatic carbocycles. The Morgan fingerprint density at radius 2 is 2.33 bits per heavy atom. The van der Waals surface area contributed by atoms with Crippen LogP contribution in [0.15, 0.2) is 23.0 Å². The summed E-state index contributed by atoms with van der Waals surface area (Å²) in [6, 6.07) is 4.74. The van der Waals surface area contributed by atoms with Gasteiger partial charge in [-0.2, -0.15) is 5.10 Å². The number of hydrogen-bond acceptors (Lipinski definition) is 3. The lowest BCUT2D eigenvalue weighted by Gasteiger charge is -1.95. The number of carboxylic acids is 1. The monoisotopic (exact) mass is 207 g/mol. The van der Waals surface area contributed by atoms with Crippen LogP contribution in [0.25, 0.3) is 5.65 Å². The molecular formula is C9H9N3O3. The van der Waals surface area contributed by atoms with Crippen LogP contribution in [0.3, 0.4) is 0 Å². The van der Waals surface area contributed by atoms with E-state index in [-0.39, 0.29) is 18.4 Å². The molecule has 0 atom stereocenters. The fourth-order valence-corrected chi connectivity index (χ4v) is 1.40. The van der Waals surface area contributed by atoms with E-state index < -0.39 is 5.97 Å². The highest BCUT2D eigenvalue weighted by molar-refractivity contribution is 5.66. The second-order valence-electron chi connectivity index (χ2n) is 3.12. The summed E-state index contributed by atoms with van der Waals surface area (Å²) in [7, 11) is 0. The van der Waals surface area contributed by atoms with E-state index in [1.807, 2.05) is 0 Å². The van der Waals surface area contributed by atoms with E-state index in [4.69, 9.17) is 5.11 Å². The second kappa shape index (κ2) is 3.56. The van der Waals surface area contributed by atoms with Crippen LogP contribution in [0.4, 0.5) is 0 Å². The minimum absolute atomic E-state index is 0.0404. The van der Waals surface area contributed by atoms with Crippen LogP contribution in [0.1, 0.15) is 12.2 Å². The van der Waals surface area contributed by atoms with Crippen molar-refractivity contribution in [1.82, 2.24) is 14.6 Å². The van der Waals surface area contributed by atoms with E-state index in [2.05, 4.69) is 10.2 Å². The molecule has 15 heavy (non-hydrogen) atoms. The first-order chi connectivity index (χ1) is 7.18. The number of aryl methyl sites for hydroxylation is 1. The molecule has 0 saturated heterocycles. The van der Waals surface area contributed by atoms with Crippen molar-refractivity contribution in [3.8, 4) is 0 Å². The minimum Gasteiger partial charge on any atom is -0.481 e. The molecular weight excluding hydrogens is 198 g/mol. The third kappa shape index (κ3) is 1.74. The molecule has 2 rings (SSSR count). The molecule has 78 valence electrons. The molecule has 0 unspecified atom stereocenters. The topological polar surface area (TPSA) is 87.5 Å². The number of nitrogens with zero attached hydrogens (tertiary/aromatic N) is 2. The Balaban J connectivity index is 2.44. The van der Waals surface area contributed by atoms with Crippen molar-refractivity contribution in [2.45, 2.75) is 12.8 Å². The van der Waals surface area contributed by atoms with Gasteiger partial charge < -0.3 is 5.11 Å². The number of rotatable bonds is 3. The van der Waals surface area contributed by atoms with Crippen molar-refractivity contribution in [3.05, 3.63) is 34.4 Å². The van der Waals surface area contributed by atoms with E-state index in [1.54, 1.807) is 12.1 Å². The lowest BCUT2D eigenvalue weighted by atomic mass is 10.3. The lowest BCUT2D eigenvalue weighted by Crippen LogP contribution is -2.14. The number of fused-ring (bicyclic) bond motifs is 1. The molecule has 6 heteroatoms. The number of pyridine rings is 1. The van der Waals surface area contributed by atoms with E-state index >= 15 is 0 Å². The molecule has 2 N–H and O–H groups in total. The van der Waals surface area contributed by atoms with Gasteiger partial charge in [-0.25, -0.2) is 4.40 Å². The molecule has 2 aromatic rings. The molecule has 0 aliphatic carbocycles. The van der Waals surface area contributed by atoms with Gasteiger partial charge in [0.15, 0.2) is 0 Å². The third-order valence-electron chi connectivity index (χ3n) is 2.07. The zero-order valence-electron chi connectivity index (χ0n) is 7.80. The van der Waals surface area contributed by atoms with Gasteiger partial charge in [0.1, 0.15) is 11.5 Å². The summed E-state index contributed by atoms with van der Waals surface area (Å²) in [5.74, 6) is -0.465. The van der Waals surface area contributed by atoms with Gasteiger partial charge in [0.25, 0.3) is 5.56 Å². The molecule has 0 aliphatic heterocycles. The number of aromatic amines is 1. The summed E-state index contributed by atoms with van der Waals surface area (Å²) in [6.07, 6.45) is 0.195. The minimum atomic E-state index is -0.907. The lowest BCUT2D eigenvalue weighted by molar-refractivity contribution is -0.137. The highest BCUT2D eigenvalue weighted by Crippen LogP contribution is 2.01. The second-order valence-corrected chi connectivity index (χ2v) is 3.12. The van der Waals surface area contributed by atoms with Crippen LogP contribution in [-0.4, -0.2) is 25.7 Å². The third-order valence-corrected chi connectivity index (χ3v) is 2.07. The van der Waals surface area contributed by atoms with Crippen molar-refractivity contribution in [2.75, 3.05) is 0 Å². The predicted octanol–water partition coefficient (Wildman–Crippen LogP) is 0.0398. The average Bonchev–Trinajstić information content (AvgIpc) is 2.59. The molecule has 0 amide bonds. The first-order valence-corrected chi connectivity index (χ1v) is 4.45. The molecule has 2 heterocycles. The Kier molecular flexibility index (Phi) is 2.24. The van der Waals surface area contributed by atoms with Crippen molar-refractivity contribution < 1.29 is 9.90 Å². The van der Waals surface area contributed by atoms with Crippen LogP contribution in [0.2, 0.25) is 0 Å². The summed E-state index contributed by atoms with van der Waals surface area (Å²) < 4.78 is 1.38. The van der Waals surface area contributed by atoms with Gasteiger partial charge in [-0.1, -0.05) is 6.07 Å². The van der Waals surface area contributed by atoms with Crippen LogP contribution < -0.4 is 5.56 Å². The molecule has 2 aromatic heterocycles. The fraction of sp³-hybridized carbons (Fsp3) is 0.222. The van der Waals surface area contributed by atoms with Crippen molar-refractivity contribution >= 4 is 11.6 Å². The first kappa shape index (κ1) is 9.45. The zero-order chi connectivity index (χ0) is 10.8. The predicted molar refractivity (Wildman–Crippen MR) is 51.8 cm³/mol. The molecule has 0 saturated carbocycles. The van der Waals surface area contributed by atoms with Gasteiger partial charge in [-0.05, 0) is 6.07 Å². The van der Waals surface area contributed by atoms with Crippen molar-refractivity contribution in [2.24, 2.45) is 0 Å². The number of carbonyl (C=O) groups is 1. The van der Waals surface area contributed by atoms with E-state index in [9.17, 15) is 9.59 Å². The fourth-order valence-electron chi connectivity index (χ4n) is 1.40. The maximum absolute atomic E-state index is 11.5.